The first-order chi connectivity index (χ1) is 12.8. The minimum absolute atomic E-state index is 0.154. The topological polar surface area (TPSA) is 43.9 Å². The average Bonchev–Trinajstić information content (AvgIpc) is 3.35. The lowest BCUT2D eigenvalue weighted by atomic mass is 9.94. The SMILES string of the molecule is CC(C)(C)c1cnc(-c2nn(-c3ccc(F)cc3F)c3c2C2CCC3C2)o1. The van der Waals surface area contributed by atoms with Gasteiger partial charge < -0.3 is 4.42 Å². The van der Waals surface area contributed by atoms with Crippen molar-refractivity contribution in [2.45, 2.75) is 57.3 Å². The zero-order valence-electron chi connectivity index (χ0n) is 15.6. The van der Waals surface area contributed by atoms with E-state index in [1.807, 2.05) is 0 Å². The summed E-state index contributed by atoms with van der Waals surface area (Å²) in [4.78, 5) is 4.46. The molecule has 2 aliphatic carbocycles. The largest absolute Gasteiger partial charge is 0.439 e. The monoisotopic (exact) mass is 369 g/mol. The van der Waals surface area contributed by atoms with E-state index in [1.54, 1.807) is 10.9 Å². The van der Waals surface area contributed by atoms with Crippen molar-refractivity contribution in [1.29, 1.82) is 0 Å². The van der Waals surface area contributed by atoms with Crippen molar-refractivity contribution in [3.8, 4) is 17.3 Å². The van der Waals surface area contributed by atoms with Gasteiger partial charge in [0.05, 0.1) is 11.9 Å². The Kier molecular flexibility index (Phi) is 3.39. The summed E-state index contributed by atoms with van der Waals surface area (Å²) in [5.41, 5.74) is 2.96. The lowest BCUT2D eigenvalue weighted by molar-refractivity contribution is 0.414. The smallest absolute Gasteiger partial charge is 0.247 e. The highest BCUT2D eigenvalue weighted by Crippen LogP contribution is 2.56. The maximum atomic E-state index is 14.5. The van der Waals surface area contributed by atoms with Crippen molar-refractivity contribution >= 4 is 0 Å². The van der Waals surface area contributed by atoms with Gasteiger partial charge in [0.1, 0.15) is 17.3 Å². The number of benzene rings is 1. The van der Waals surface area contributed by atoms with Crippen molar-refractivity contribution in [3.05, 3.63) is 53.0 Å². The quantitative estimate of drug-likeness (QED) is 0.602. The summed E-state index contributed by atoms with van der Waals surface area (Å²) >= 11 is 0. The van der Waals surface area contributed by atoms with Crippen molar-refractivity contribution in [3.63, 3.8) is 0 Å². The lowest BCUT2D eigenvalue weighted by Crippen LogP contribution is -2.09. The Morgan fingerprint density at radius 2 is 1.93 bits per heavy atom. The molecule has 2 unspecified atom stereocenters. The lowest BCUT2D eigenvalue weighted by Gasteiger charge is -2.14. The van der Waals surface area contributed by atoms with Gasteiger partial charge in [-0.15, -0.1) is 0 Å². The van der Waals surface area contributed by atoms with Crippen LogP contribution in [0.3, 0.4) is 0 Å². The average molecular weight is 369 g/mol. The predicted octanol–water partition coefficient (Wildman–Crippen LogP) is 5.47. The molecule has 0 radical (unpaired) electrons. The first-order valence-electron chi connectivity index (χ1n) is 9.38. The zero-order valence-corrected chi connectivity index (χ0v) is 15.6. The molecule has 0 aliphatic heterocycles. The first-order valence-corrected chi connectivity index (χ1v) is 9.38. The second kappa shape index (κ2) is 5.50. The molecule has 27 heavy (non-hydrogen) atoms. The molecular formula is C21H21F2N3O. The van der Waals surface area contributed by atoms with Gasteiger partial charge >= 0.3 is 0 Å². The van der Waals surface area contributed by atoms with Gasteiger partial charge in [-0.1, -0.05) is 20.8 Å². The molecule has 2 heterocycles. The van der Waals surface area contributed by atoms with E-state index in [2.05, 4.69) is 25.8 Å². The van der Waals surface area contributed by atoms with Crippen molar-refractivity contribution in [2.75, 3.05) is 0 Å². The third-order valence-corrected chi connectivity index (χ3v) is 5.77. The molecule has 2 aromatic heterocycles. The highest BCUT2D eigenvalue weighted by molar-refractivity contribution is 5.62. The van der Waals surface area contributed by atoms with Crippen LogP contribution in [0, 0.1) is 11.6 Å². The van der Waals surface area contributed by atoms with Gasteiger partial charge in [-0.05, 0) is 37.3 Å². The normalized spacial score (nSPS) is 21.1. The number of hydrogen-bond donors (Lipinski definition) is 0. The second-order valence-electron chi connectivity index (χ2n) is 8.64. The van der Waals surface area contributed by atoms with Crippen LogP contribution in [0.2, 0.25) is 0 Å². The second-order valence-corrected chi connectivity index (χ2v) is 8.64. The molecule has 6 heteroatoms. The summed E-state index contributed by atoms with van der Waals surface area (Å²) in [7, 11) is 0. The Morgan fingerprint density at radius 1 is 1.15 bits per heavy atom. The summed E-state index contributed by atoms with van der Waals surface area (Å²) in [6.45, 7) is 6.20. The van der Waals surface area contributed by atoms with Crippen molar-refractivity contribution < 1.29 is 13.2 Å². The maximum Gasteiger partial charge on any atom is 0.247 e. The maximum absolute atomic E-state index is 14.5. The molecule has 0 N–H and O–H groups in total. The molecule has 0 amide bonds. The first kappa shape index (κ1) is 16.7. The number of halogens is 2. The van der Waals surface area contributed by atoms with Gasteiger partial charge in [-0.3, -0.25) is 0 Å². The number of aromatic nitrogens is 3. The third-order valence-electron chi connectivity index (χ3n) is 5.77. The number of rotatable bonds is 2. The van der Waals surface area contributed by atoms with Crippen LogP contribution in [0.4, 0.5) is 8.78 Å². The summed E-state index contributed by atoms with van der Waals surface area (Å²) in [5.74, 6) is 0.818. The Bertz CT molecular complexity index is 1040. The van der Waals surface area contributed by atoms with E-state index in [4.69, 9.17) is 9.52 Å². The molecule has 1 aromatic carbocycles. The van der Waals surface area contributed by atoms with Gasteiger partial charge in [-0.25, -0.2) is 18.4 Å². The van der Waals surface area contributed by atoms with E-state index in [0.717, 1.165) is 42.3 Å². The number of oxazole rings is 1. The van der Waals surface area contributed by atoms with Gasteiger partial charge in [0, 0.05) is 23.0 Å². The Labute approximate surface area is 156 Å². The summed E-state index contributed by atoms with van der Waals surface area (Å²) in [6.07, 6.45) is 4.97. The van der Waals surface area contributed by atoms with Gasteiger partial charge in [-0.2, -0.15) is 5.10 Å². The Balaban J connectivity index is 1.70. The van der Waals surface area contributed by atoms with Crippen LogP contribution in [-0.2, 0) is 5.41 Å². The molecule has 4 nitrogen and oxygen atoms in total. The predicted molar refractivity (Wildman–Crippen MR) is 97.0 cm³/mol. The Morgan fingerprint density at radius 3 is 2.63 bits per heavy atom. The molecule has 1 fully saturated rings. The summed E-state index contributed by atoms with van der Waals surface area (Å²) < 4.78 is 35.5. The fourth-order valence-electron chi connectivity index (χ4n) is 4.46. The molecular weight excluding hydrogens is 348 g/mol. The van der Waals surface area contributed by atoms with Crippen molar-refractivity contribution in [1.82, 2.24) is 14.8 Å². The van der Waals surface area contributed by atoms with Gasteiger partial charge in [0.25, 0.3) is 0 Å². The van der Waals surface area contributed by atoms with Crippen LogP contribution < -0.4 is 0 Å². The molecule has 0 saturated heterocycles. The van der Waals surface area contributed by atoms with Crippen LogP contribution in [0.1, 0.15) is 68.9 Å². The Hall–Kier alpha value is -2.50. The molecule has 2 aliphatic rings. The molecule has 140 valence electrons. The molecule has 0 spiro atoms. The van der Waals surface area contributed by atoms with Gasteiger partial charge in [0.15, 0.2) is 11.5 Å². The van der Waals surface area contributed by atoms with Crippen LogP contribution in [-0.4, -0.2) is 14.8 Å². The summed E-state index contributed by atoms with van der Waals surface area (Å²) in [6, 6.07) is 3.62. The van der Waals surface area contributed by atoms with Gasteiger partial charge in [0.2, 0.25) is 5.89 Å². The highest BCUT2D eigenvalue weighted by atomic mass is 19.1. The van der Waals surface area contributed by atoms with E-state index in [-0.39, 0.29) is 11.1 Å². The fraction of sp³-hybridized carbons (Fsp3) is 0.429. The molecule has 1 saturated carbocycles. The number of fused-ring (bicyclic) bond motifs is 5. The zero-order chi connectivity index (χ0) is 18.9. The van der Waals surface area contributed by atoms with E-state index in [9.17, 15) is 8.78 Å². The van der Waals surface area contributed by atoms with E-state index in [1.165, 1.54) is 12.1 Å². The summed E-state index contributed by atoms with van der Waals surface area (Å²) in [5, 5.41) is 4.70. The fourth-order valence-corrected chi connectivity index (χ4v) is 4.46. The van der Waals surface area contributed by atoms with E-state index >= 15 is 0 Å². The van der Waals surface area contributed by atoms with Crippen LogP contribution in [0.5, 0.6) is 0 Å². The molecule has 5 rings (SSSR count). The molecule has 2 bridgehead atoms. The minimum Gasteiger partial charge on any atom is -0.439 e. The number of hydrogen-bond acceptors (Lipinski definition) is 3. The molecule has 2 atom stereocenters. The minimum atomic E-state index is -0.614. The van der Waals surface area contributed by atoms with Crippen molar-refractivity contribution in [2.24, 2.45) is 0 Å². The van der Waals surface area contributed by atoms with Crippen LogP contribution in [0.15, 0.2) is 28.8 Å². The van der Waals surface area contributed by atoms with E-state index in [0.29, 0.717) is 23.4 Å². The molecule has 3 aromatic rings. The number of nitrogens with zero attached hydrogens (tertiary/aromatic N) is 3. The highest BCUT2D eigenvalue weighted by Gasteiger charge is 2.44. The van der Waals surface area contributed by atoms with E-state index < -0.39 is 11.6 Å². The third kappa shape index (κ3) is 2.46. The standard InChI is InChI=1S/C21H21F2N3O/c1-21(2,3)16-10-24-20(27-16)18-17-11-4-5-12(8-11)19(17)26(25-18)15-7-6-13(22)9-14(15)23/h6-7,9-12H,4-5,8H2,1-3H3. The van der Waals surface area contributed by atoms with Crippen LogP contribution in [0.25, 0.3) is 17.3 Å². The van der Waals surface area contributed by atoms with Crippen LogP contribution >= 0.6 is 0 Å².